The van der Waals surface area contributed by atoms with Gasteiger partial charge in [0.2, 0.25) is 0 Å². The van der Waals surface area contributed by atoms with Crippen molar-refractivity contribution in [3.8, 4) is 0 Å². The summed E-state index contributed by atoms with van der Waals surface area (Å²) in [6.07, 6.45) is -2.36. The normalized spacial score (nSPS) is 18.0. The van der Waals surface area contributed by atoms with Crippen molar-refractivity contribution in [1.82, 2.24) is 9.88 Å². The Balaban J connectivity index is 1.59. The van der Waals surface area contributed by atoms with Crippen LogP contribution in [-0.4, -0.2) is 40.4 Å². The van der Waals surface area contributed by atoms with Gasteiger partial charge in [0, 0.05) is 18.8 Å². The van der Waals surface area contributed by atoms with Gasteiger partial charge in [0.05, 0.1) is 10.2 Å². The lowest BCUT2D eigenvalue weighted by atomic mass is 10.2. The Labute approximate surface area is 151 Å². The van der Waals surface area contributed by atoms with Crippen molar-refractivity contribution in [2.75, 3.05) is 6.54 Å². The van der Waals surface area contributed by atoms with Gasteiger partial charge in [-0.25, -0.2) is 9.78 Å². The van der Waals surface area contributed by atoms with Crippen LogP contribution in [0.1, 0.15) is 17.8 Å². The number of hydrogen-bond donors (Lipinski definition) is 0. The Kier molecular flexibility index (Phi) is 5.26. The lowest BCUT2D eigenvalue weighted by Gasteiger charge is -2.20. The predicted octanol–water partition coefficient (Wildman–Crippen LogP) is 3.45. The van der Waals surface area contributed by atoms with E-state index in [9.17, 15) is 22.8 Å². The molecule has 1 aromatic heterocycles. The van der Waals surface area contributed by atoms with Crippen molar-refractivity contribution in [1.29, 1.82) is 0 Å². The number of ketones is 1. The number of rotatable bonds is 5. The van der Waals surface area contributed by atoms with Gasteiger partial charge in [0.15, 0.2) is 0 Å². The number of alkyl halides is 3. The molecule has 0 spiro atoms. The molecule has 5 nitrogen and oxygen atoms in total. The van der Waals surface area contributed by atoms with Gasteiger partial charge in [-0.2, -0.15) is 13.2 Å². The average Bonchev–Trinajstić information content (AvgIpc) is 3.22. The summed E-state index contributed by atoms with van der Waals surface area (Å²) in [6.45, 7) is 0.399. The second-order valence-corrected chi connectivity index (χ2v) is 6.87. The number of para-hydroxylation sites is 1. The van der Waals surface area contributed by atoms with Crippen LogP contribution in [0.3, 0.4) is 0 Å². The number of carbonyl (C=O) groups excluding carboxylic acids is 2. The van der Waals surface area contributed by atoms with E-state index in [4.69, 9.17) is 4.74 Å². The summed E-state index contributed by atoms with van der Waals surface area (Å²) in [6, 6.07) is 6.84. The Morgan fingerprint density at radius 3 is 2.85 bits per heavy atom. The first-order valence-corrected chi connectivity index (χ1v) is 8.72. The quantitative estimate of drug-likeness (QED) is 0.584. The highest BCUT2D eigenvalue weighted by Gasteiger charge is 2.37. The van der Waals surface area contributed by atoms with Gasteiger partial charge in [0.1, 0.15) is 17.7 Å². The lowest BCUT2D eigenvalue weighted by Crippen LogP contribution is -2.34. The molecule has 1 aromatic carbocycles. The third-order valence-corrected chi connectivity index (χ3v) is 4.95. The molecule has 1 fully saturated rings. The molecule has 1 aliphatic rings. The summed E-state index contributed by atoms with van der Waals surface area (Å²) in [4.78, 5) is 29.0. The monoisotopic (exact) mass is 384 g/mol. The standard InChI is InChI=1S/C17H15F3N2O3S/c18-17(19,20)14(23)7-9-22-8-3-5-12(22)16(24)25-10-15-21-11-4-1-2-6-13(11)26-15/h1-2,4,6-7,9,12H,3,5,8,10H2/b9-7+/t12-/m0/s1. The van der Waals surface area contributed by atoms with E-state index in [1.54, 1.807) is 0 Å². The molecule has 0 amide bonds. The van der Waals surface area contributed by atoms with Crippen LogP contribution in [0.5, 0.6) is 0 Å². The number of likely N-dealkylation sites (tertiary alicyclic amines) is 1. The molecule has 9 heteroatoms. The van der Waals surface area contributed by atoms with Gasteiger partial charge < -0.3 is 9.64 Å². The number of fused-ring (bicyclic) bond motifs is 1. The number of thiazole rings is 1. The largest absolute Gasteiger partial charge is 0.457 e. The second-order valence-electron chi connectivity index (χ2n) is 5.76. The smallest absolute Gasteiger partial charge is 0.454 e. The van der Waals surface area contributed by atoms with Crippen LogP contribution in [0, 0.1) is 0 Å². The molecular formula is C17H15F3N2O3S. The second kappa shape index (κ2) is 7.45. The van der Waals surface area contributed by atoms with Gasteiger partial charge >= 0.3 is 12.1 Å². The summed E-state index contributed by atoms with van der Waals surface area (Å²) < 4.78 is 43.0. The number of ether oxygens (including phenoxy) is 1. The zero-order valence-corrected chi connectivity index (χ0v) is 14.3. The third-order valence-electron chi connectivity index (χ3n) is 3.94. The fraction of sp³-hybridized carbons (Fsp3) is 0.353. The van der Waals surface area contributed by atoms with Crippen LogP contribution in [0.4, 0.5) is 13.2 Å². The van der Waals surface area contributed by atoms with Crippen LogP contribution in [0.25, 0.3) is 10.2 Å². The fourth-order valence-corrected chi connectivity index (χ4v) is 3.57. The molecule has 2 heterocycles. The number of esters is 1. The molecule has 0 bridgehead atoms. The Bertz CT molecular complexity index is 814. The summed E-state index contributed by atoms with van der Waals surface area (Å²) in [5, 5.41) is 0.645. The molecule has 0 N–H and O–H groups in total. The molecule has 138 valence electrons. The predicted molar refractivity (Wildman–Crippen MR) is 89.3 cm³/mol. The summed E-state index contributed by atoms with van der Waals surface area (Å²) >= 11 is 1.41. The summed E-state index contributed by atoms with van der Waals surface area (Å²) in [5.41, 5.74) is 0.819. The fourth-order valence-electron chi connectivity index (χ4n) is 2.69. The SMILES string of the molecule is O=C(OCc1nc2ccccc2s1)[C@@H]1CCCN1/C=C/C(=O)C(F)(F)F. The Morgan fingerprint density at radius 1 is 1.35 bits per heavy atom. The number of allylic oxidation sites excluding steroid dienone is 1. The van der Waals surface area contributed by atoms with E-state index in [1.165, 1.54) is 16.2 Å². The van der Waals surface area contributed by atoms with Crippen molar-refractivity contribution in [3.05, 3.63) is 41.5 Å². The van der Waals surface area contributed by atoms with Crippen molar-refractivity contribution < 1.29 is 27.5 Å². The van der Waals surface area contributed by atoms with Crippen molar-refractivity contribution >= 4 is 33.3 Å². The number of benzene rings is 1. The molecule has 0 saturated carbocycles. The van der Waals surface area contributed by atoms with Crippen LogP contribution >= 0.6 is 11.3 Å². The summed E-state index contributed by atoms with van der Waals surface area (Å²) in [5.74, 6) is -2.49. The first-order valence-electron chi connectivity index (χ1n) is 7.91. The van der Waals surface area contributed by atoms with Crippen molar-refractivity contribution in [2.45, 2.75) is 31.7 Å². The molecule has 1 saturated heterocycles. The van der Waals surface area contributed by atoms with E-state index >= 15 is 0 Å². The molecular weight excluding hydrogens is 369 g/mol. The zero-order valence-electron chi connectivity index (χ0n) is 13.5. The topological polar surface area (TPSA) is 59.5 Å². The minimum Gasteiger partial charge on any atom is -0.457 e. The molecule has 1 aliphatic heterocycles. The molecule has 2 aromatic rings. The molecule has 1 atom stereocenters. The van der Waals surface area contributed by atoms with Crippen LogP contribution in [-0.2, 0) is 20.9 Å². The average molecular weight is 384 g/mol. The Morgan fingerprint density at radius 2 is 2.12 bits per heavy atom. The molecule has 0 radical (unpaired) electrons. The highest BCUT2D eigenvalue weighted by Crippen LogP contribution is 2.24. The van der Waals surface area contributed by atoms with E-state index < -0.39 is 24.0 Å². The van der Waals surface area contributed by atoms with E-state index in [-0.39, 0.29) is 6.61 Å². The highest BCUT2D eigenvalue weighted by molar-refractivity contribution is 7.18. The number of hydrogen-bond acceptors (Lipinski definition) is 6. The van der Waals surface area contributed by atoms with Crippen LogP contribution < -0.4 is 0 Å². The molecule has 26 heavy (non-hydrogen) atoms. The molecule has 0 aliphatic carbocycles. The van der Waals surface area contributed by atoms with E-state index in [2.05, 4.69) is 4.98 Å². The van der Waals surface area contributed by atoms with Crippen molar-refractivity contribution in [2.24, 2.45) is 0 Å². The minimum absolute atomic E-state index is 0.00765. The zero-order chi connectivity index (χ0) is 18.7. The Hall–Kier alpha value is -2.42. The van der Waals surface area contributed by atoms with Crippen molar-refractivity contribution in [3.63, 3.8) is 0 Å². The number of halogens is 3. The minimum atomic E-state index is -4.92. The van der Waals surface area contributed by atoms with E-state index in [0.717, 1.165) is 16.4 Å². The molecule has 0 unspecified atom stereocenters. The number of nitrogens with zero attached hydrogens (tertiary/aromatic N) is 2. The van der Waals surface area contributed by atoms with Crippen LogP contribution in [0.15, 0.2) is 36.5 Å². The first kappa shape index (κ1) is 18.4. The maximum Gasteiger partial charge on any atom is 0.454 e. The van der Waals surface area contributed by atoms with Gasteiger partial charge in [-0.05, 0) is 25.0 Å². The first-order chi connectivity index (χ1) is 12.3. The molecule has 3 rings (SSSR count). The maximum atomic E-state index is 12.3. The van der Waals surface area contributed by atoms with Gasteiger partial charge in [-0.1, -0.05) is 12.1 Å². The number of carbonyl (C=O) groups is 2. The van der Waals surface area contributed by atoms with E-state index in [1.807, 2.05) is 24.3 Å². The lowest BCUT2D eigenvalue weighted by molar-refractivity contribution is -0.165. The summed E-state index contributed by atoms with van der Waals surface area (Å²) in [7, 11) is 0. The van der Waals surface area contributed by atoms with Gasteiger partial charge in [0.25, 0.3) is 5.78 Å². The maximum absolute atomic E-state index is 12.3. The number of aromatic nitrogens is 1. The van der Waals surface area contributed by atoms with Gasteiger partial charge in [-0.3, -0.25) is 4.79 Å². The third kappa shape index (κ3) is 4.21. The van der Waals surface area contributed by atoms with Gasteiger partial charge in [-0.15, -0.1) is 11.3 Å². The highest BCUT2D eigenvalue weighted by atomic mass is 32.1. The van der Waals surface area contributed by atoms with E-state index in [0.29, 0.717) is 30.5 Å². The van der Waals surface area contributed by atoms with Crippen LogP contribution in [0.2, 0.25) is 0 Å².